The first-order valence-electron chi connectivity index (χ1n) is 7.19. The molecule has 0 bridgehead atoms. The van der Waals surface area contributed by atoms with Crippen molar-refractivity contribution in [1.29, 1.82) is 0 Å². The Morgan fingerprint density at radius 1 is 1.16 bits per heavy atom. The summed E-state index contributed by atoms with van der Waals surface area (Å²) in [5.74, 6) is 0. The molecule has 1 saturated heterocycles. The van der Waals surface area contributed by atoms with Gasteiger partial charge in [0, 0.05) is 19.6 Å². The van der Waals surface area contributed by atoms with Crippen LogP contribution in [-0.4, -0.2) is 42.6 Å². The monoisotopic (exact) mass is 259 g/mol. The van der Waals surface area contributed by atoms with Gasteiger partial charge >= 0.3 is 0 Å². The first-order valence-corrected chi connectivity index (χ1v) is 7.19. The fraction of sp³-hybridized carbons (Fsp3) is 0.533. The standard InChI is InChI=1S/C15H21N3O/c1-2-8-17-9-5-10-18(12-11-17)15-16-13-6-3-4-7-14(13)19-15/h3-4,6-7H,2,5,8-12H2,1H3. The van der Waals surface area contributed by atoms with Crippen LogP contribution in [0.15, 0.2) is 28.7 Å². The average Bonchev–Trinajstić information content (AvgIpc) is 2.72. The van der Waals surface area contributed by atoms with Gasteiger partial charge in [0.25, 0.3) is 6.01 Å². The molecule has 4 heteroatoms. The maximum absolute atomic E-state index is 5.85. The van der Waals surface area contributed by atoms with Crippen LogP contribution in [0.1, 0.15) is 19.8 Å². The van der Waals surface area contributed by atoms with Crippen molar-refractivity contribution in [3.8, 4) is 0 Å². The largest absolute Gasteiger partial charge is 0.423 e. The van der Waals surface area contributed by atoms with Gasteiger partial charge < -0.3 is 14.2 Å². The van der Waals surface area contributed by atoms with Gasteiger partial charge in [-0.3, -0.25) is 0 Å². The van der Waals surface area contributed by atoms with E-state index in [1.54, 1.807) is 0 Å². The van der Waals surface area contributed by atoms with E-state index in [0.29, 0.717) is 0 Å². The molecule has 4 nitrogen and oxygen atoms in total. The molecule has 0 spiro atoms. The van der Waals surface area contributed by atoms with E-state index < -0.39 is 0 Å². The Kier molecular flexibility index (Phi) is 3.69. The number of aromatic nitrogens is 1. The zero-order valence-corrected chi connectivity index (χ0v) is 11.5. The van der Waals surface area contributed by atoms with Gasteiger partial charge in [0.15, 0.2) is 5.58 Å². The van der Waals surface area contributed by atoms with Crippen LogP contribution in [0.25, 0.3) is 11.1 Å². The second-order valence-corrected chi connectivity index (χ2v) is 5.15. The number of fused-ring (bicyclic) bond motifs is 1. The highest BCUT2D eigenvalue weighted by Gasteiger charge is 2.18. The Labute approximate surface area is 114 Å². The van der Waals surface area contributed by atoms with E-state index in [9.17, 15) is 0 Å². The number of nitrogens with zero attached hydrogens (tertiary/aromatic N) is 3. The minimum absolute atomic E-state index is 0.777. The Morgan fingerprint density at radius 3 is 2.89 bits per heavy atom. The lowest BCUT2D eigenvalue weighted by atomic mass is 10.3. The first kappa shape index (κ1) is 12.5. The third kappa shape index (κ3) is 2.73. The molecule has 3 rings (SSSR count). The molecule has 1 aromatic carbocycles. The molecule has 2 aromatic rings. The molecule has 102 valence electrons. The summed E-state index contributed by atoms with van der Waals surface area (Å²) in [4.78, 5) is 9.39. The third-order valence-corrected chi connectivity index (χ3v) is 3.68. The first-order chi connectivity index (χ1) is 9.36. The van der Waals surface area contributed by atoms with Crippen molar-refractivity contribution in [2.24, 2.45) is 0 Å². The van der Waals surface area contributed by atoms with Crippen LogP contribution in [0, 0.1) is 0 Å². The minimum Gasteiger partial charge on any atom is -0.423 e. The normalized spacial score (nSPS) is 17.8. The highest BCUT2D eigenvalue weighted by atomic mass is 16.4. The van der Waals surface area contributed by atoms with Crippen LogP contribution < -0.4 is 4.90 Å². The van der Waals surface area contributed by atoms with Crippen molar-refractivity contribution >= 4 is 17.1 Å². The highest BCUT2D eigenvalue weighted by Crippen LogP contribution is 2.22. The van der Waals surface area contributed by atoms with Gasteiger partial charge in [-0.2, -0.15) is 4.98 Å². The van der Waals surface area contributed by atoms with Crippen molar-refractivity contribution in [1.82, 2.24) is 9.88 Å². The van der Waals surface area contributed by atoms with Gasteiger partial charge in [0.2, 0.25) is 0 Å². The van der Waals surface area contributed by atoms with E-state index in [1.165, 1.54) is 25.9 Å². The summed E-state index contributed by atoms with van der Waals surface area (Å²) < 4.78 is 5.85. The molecule has 0 aliphatic carbocycles. The molecule has 19 heavy (non-hydrogen) atoms. The molecule has 0 unspecified atom stereocenters. The zero-order valence-electron chi connectivity index (χ0n) is 11.5. The SMILES string of the molecule is CCCN1CCCN(c2nc3ccccc3o2)CC1. The molecule has 1 aliphatic rings. The number of para-hydroxylation sites is 2. The summed E-state index contributed by atoms with van der Waals surface area (Å²) >= 11 is 0. The number of hydrogen-bond donors (Lipinski definition) is 0. The Hall–Kier alpha value is -1.55. The molecule has 0 amide bonds. The summed E-state index contributed by atoms with van der Waals surface area (Å²) in [5, 5.41) is 0. The van der Waals surface area contributed by atoms with Crippen molar-refractivity contribution in [3.05, 3.63) is 24.3 Å². The van der Waals surface area contributed by atoms with Crippen molar-refractivity contribution in [2.45, 2.75) is 19.8 Å². The lowest BCUT2D eigenvalue weighted by molar-refractivity contribution is 0.294. The Bertz CT molecular complexity index is 504. The zero-order chi connectivity index (χ0) is 13.1. The average molecular weight is 259 g/mol. The summed E-state index contributed by atoms with van der Waals surface area (Å²) in [6.07, 6.45) is 2.40. The maximum atomic E-state index is 5.85. The fourth-order valence-corrected chi connectivity index (χ4v) is 2.70. The van der Waals surface area contributed by atoms with E-state index in [0.717, 1.165) is 36.7 Å². The van der Waals surface area contributed by atoms with Gasteiger partial charge in [-0.05, 0) is 38.1 Å². The predicted octanol–water partition coefficient (Wildman–Crippen LogP) is 2.75. The minimum atomic E-state index is 0.777. The number of hydrogen-bond acceptors (Lipinski definition) is 4. The van der Waals surface area contributed by atoms with Crippen LogP contribution in [0.5, 0.6) is 0 Å². The number of rotatable bonds is 3. The molecule has 1 fully saturated rings. The van der Waals surface area contributed by atoms with E-state index in [4.69, 9.17) is 4.42 Å². The molecule has 2 heterocycles. The predicted molar refractivity (Wildman–Crippen MR) is 77.6 cm³/mol. The number of anilines is 1. The lowest BCUT2D eigenvalue weighted by Crippen LogP contribution is -2.31. The Morgan fingerprint density at radius 2 is 2.05 bits per heavy atom. The van der Waals surface area contributed by atoms with Crippen molar-refractivity contribution in [3.63, 3.8) is 0 Å². The van der Waals surface area contributed by atoms with Crippen molar-refractivity contribution in [2.75, 3.05) is 37.6 Å². The quantitative estimate of drug-likeness (QED) is 0.848. The Balaban J connectivity index is 1.74. The van der Waals surface area contributed by atoms with Crippen LogP contribution in [0.4, 0.5) is 6.01 Å². The molecular formula is C15H21N3O. The van der Waals surface area contributed by atoms with E-state index >= 15 is 0 Å². The summed E-state index contributed by atoms with van der Waals surface area (Å²) in [6, 6.07) is 8.75. The van der Waals surface area contributed by atoms with Crippen molar-refractivity contribution < 1.29 is 4.42 Å². The molecule has 0 radical (unpaired) electrons. The smallest absolute Gasteiger partial charge is 0.298 e. The maximum Gasteiger partial charge on any atom is 0.298 e. The summed E-state index contributed by atoms with van der Waals surface area (Å²) in [6.45, 7) is 7.77. The third-order valence-electron chi connectivity index (χ3n) is 3.68. The second-order valence-electron chi connectivity index (χ2n) is 5.15. The molecule has 0 saturated carbocycles. The lowest BCUT2D eigenvalue weighted by Gasteiger charge is -2.19. The topological polar surface area (TPSA) is 32.5 Å². The summed E-state index contributed by atoms with van der Waals surface area (Å²) in [5.41, 5.74) is 1.83. The fourth-order valence-electron chi connectivity index (χ4n) is 2.70. The van der Waals surface area contributed by atoms with Gasteiger partial charge in [0.1, 0.15) is 5.52 Å². The molecule has 1 aliphatic heterocycles. The van der Waals surface area contributed by atoms with Gasteiger partial charge in [-0.15, -0.1) is 0 Å². The number of oxazole rings is 1. The molecule has 1 aromatic heterocycles. The van der Waals surface area contributed by atoms with Crippen LogP contribution in [0.2, 0.25) is 0 Å². The number of benzene rings is 1. The van der Waals surface area contributed by atoms with E-state index in [1.807, 2.05) is 24.3 Å². The van der Waals surface area contributed by atoms with Gasteiger partial charge in [0.05, 0.1) is 0 Å². The van der Waals surface area contributed by atoms with Crippen LogP contribution >= 0.6 is 0 Å². The summed E-state index contributed by atoms with van der Waals surface area (Å²) in [7, 11) is 0. The van der Waals surface area contributed by atoms with E-state index in [2.05, 4.69) is 21.7 Å². The second kappa shape index (κ2) is 5.61. The molecule has 0 atom stereocenters. The highest BCUT2D eigenvalue weighted by molar-refractivity contribution is 5.74. The molecule has 0 N–H and O–H groups in total. The van der Waals surface area contributed by atoms with Crippen LogP contribution in [0.3, 0.4) is 0 Å². The van der Waals surface area contributed by atoms with E-state index in [-0.39, 0.29) is 0 Å². The van der Waals surface area contributed by atoms with Crippen LogP contribution in [-0.2, 0) is 0 Å². The van der Waals surface area contributed by atoms with Gasteiger partial charge in [-0.25, -0.2) is 0 Å². The van der Waals surface area contributed by atoms with Gasteiger partial charge in [-0.1, -0.05) is 19.1 Å². The molecular weight excluding hydrogens is 238 g/mol.